The van der Waals surface area contributed by atoms with Gasteiger partial charge < -0.3 is 35.8 Å². The quantitative estimate of drug-likeness (QED) is 0.271. The van der Waals surface area contributed by atoms with Crippen LogP contribution in [0.25, 0.3) is 0 Å². The van der Waals surface area contributed by atoms with E-state index in [9.17, 15) is 19.2 Å². The van der Waals surface area contributed by atoms with Crippen molar-refractivity contribution in [3.63, 3.8) is 0 Å². The van der Waals surface area contributed by atoms with Gasteiger partial charge in [-0.2, -0.15) is 0 Å². The molecule has 0 bridgehead atoms. The monoisotopic (exact) mass is 598 g/mol. The Bertz CT molecular complexity index is 824. The molecule has 11 heteroatoms. The zero-order valence-electron chi connectivity index (χ0n) is 27.1. The predicted molar refractivity (Wildman–Crippen MR) is 163 cm³/mol. The summed E-state index contributed by atoms with van der Waals surface area (Å²) < 4.78 is 10.4. The van der Waals surface area contributed by atoms with Gasteiger partial charge in [0.1, 0.15) is 0 Å². The van der Waals surface area contributed by atoms with Crippen molar-refractivity contribution in [1.29, 1.82) is 0 Å². The van der Waals surface area contributed by atoms with Crippen molar-refractivity contribution in [3.05, 3.63) is 0 Å². The Labute approximate surface area is 253 Å². The van der Waals surface area contributed by atoms with Crippen molar-refractivity contribution in [1.82, 2.24) is 21.3 Å². The maximum absolute atomic E-state index is 11.9. The van der Waals surface area contributed by atoms with E-state index in [2.05, 4.69) is 35.1 Å². The Morgan fingerprint density at radius 2 is 1.40 bits per heavy atom. The lowest BCUT2D eigenvalue weighted by molar-refractivity contribution is -0.154. The first-order valence-corrected chi connectivity index (χ1v) is 15.8. The smallest absolute Gasteiger partial charge is 0.332 e. The van der Waals surface area contributed by atoms with Crippen LogP contribution in [0.2, 0.25) is 0 Å². The van der Waals surface area contributed by atoms with E-state index < -0.39 is 12.1 Å². The van der Waals surface area contributed by atoms with Gasteiger partial charge in [0, 0.05) is 61.6 Å². The Kier molecular flexibility index (Phi) is 17.9. The largest absolute Gasteiger partial charge is 0.479 e. The van der Waals surface area contributed by atoms with Gasteiger partial charge in [-0.3, -0.25) is 14.4 Å². The second-order valence-electron chi connectivity index (χ2n) is 12.6. The average Bonchev–Trinajstić information content (AvgIpc) is 2.94. The fourth-order valence-electron chi connectivity index (χ4n) is 4.73. The Morgan fingerprint density at radius 3 is 1.90 bits per heavy atom. The molecule has 0 spiro atoms. The van der Waals surface area contributed by atoms with Crippen molar-refractivity contribution in [2.24, 2.45) is 17.8 Å². The van der Waals surface area contributed by atoms with Crippen molar-refractivity contribution >= 4 is 23.7 Å². The summed E-state index contributed by atoms with van der Waals surface area (Å²) in [5, 5.41) is 21.0. The average molecular weight is 599 g/mol. The van der Waals surface area contributed by atoms with Gasteiger partial charge in [-0.15, -0.1) is 0 Å². The first kappa shape index (κ1) is 37.8. The van der Waals surface area contributed by atoms with Crippen LogP contribution >= 0.6 is 0 Å². The highest BCUT2D eigenvalue weighted by molar-refractivity contribution is 5.79. The number of carbonyl (C=O) groups excluding carboxylic acids is 3. The van der Waals surface area contributed by atoms with Crippen LogP contribution in [0, 0.1) is 17.8 Å². The molecule has 0 saturated carbocycles. The van der Waals surface area contributed by atoms with Gasteiger partial charge in [0.25, 0.3) is 0 Å². The number of ether oxygens (including phenoxy) is 2. The van der Waals surface area contributed by atoms with Crippen molar-refractivity contribution < 1.29 is 33.8 Å². The number of hydrogen-bond acceptors (Lipinski definition) is 7. The van der Waals surface area contributed by atoms with Gasteiger partial charge in [0.2, 0.25) is 17.7 Å². The van der Waals surface area contributed by atoms with Crippen LogP contribution in [-0.4, -0.2) is 85.4 Å². The number of rotatable bonds is 9. The minimum Gasteiger partial charge on any atom is -0.479 e. The number of amides is 3. The summed E-state index contributed by atoms with van der Waals surface area (Å²) in [7, 11) is 0. The number of carboxylic acids is 1. The van der Waals surface area contributed by atoms with Gasteiger partial charge in [0.05, 0.1) is 0 Å². The predicted octanol–water partition coefficient (Wildman–Crippen LogP) is 3.01. The number of aliphatic carboxylic acids is 1. The molecule has 3 atom stereocenters. The second-order valence-corrected chi connectivity index (χ2v) is 12.6. The van der Waals surface area contributed by atoms with E-state index in [1.54, 1.807) is 0 Å². The molecular formula is C31H58N4O7. The van der Waals surface area contributed by atoms with E-state index in [-0.39, 0.29) is 47.1 Å². The van der Waals surface area contributed by atoms with Crippen LogP contribution in [0.5, 0.6) is 0 Å². The van der Waals surface area contributed by atoms with Gasteiger partial charge >= 0.3 is 5.97 Å². The van der Waals surface area contributed by atoms with Gasteiger partial charge in [-0.25, -0.2) is 4.79 Å². The molecule has 0 aromatic rings. The van der Waals surface area contributed by atoms with Gasteiger partial charge in [-0.05, 0) is 58.5 Å². The molecule has 3 aliphatic heterocycles. The molecular weight excluding hydrogens is 540 g/mol. The lowest BCUT2D eigenvalue weighted by atomic mass is 9.91. The number of hydrogen-bond donors (Lipinski definition) is 5. The lowest BCUT2D eigenvalue weighted by Gasteiger charge is -2.35. The summed E-state index contributed by atoms with van der Waals surface area (Å²) in [6, 6.07) is 0.330. The van der Waals surface area contributed by atoms with E-state index >= 15 is 0 Å². The molecule has 3 fully saturated rings. The molecule has 5 N–H and O–H groups in total. The van der Waals surface area contributed by atoms with E-state index in [1.807, 2.05) is 34.6 Å². The zero-order chi connectivity index (χ0) is 31.7. The molecule has 11 nitrogen and oxygen atoms in total. The maximum Gasteiger partial charge on any atom is 0.332 e. The highest BCUT2D eigenvalue weighted by Crippen LogP contribution is 2.21. The van der Waals surface area contributed by atoms with E-state index in [0.717, 1.165) is 64.8 Å². The number of nitrogens with one attached hydrogen (secondary N) is 4. The molecule has 0 aromatic heterocycles. The highest BCUT2D eigenvalue weighted by Gasteiger charge is 2.30. The third-order valence-corrected chi connectivity index (χ3v) is 7.83. The van der Waals surface area contributed by atoms with Crippen LogP contribution in [0.3, 0.4) is 0 Å². The Hall–Kier alpha value is -2.24. The summed E-state index contributed by atoms with van der Waals surface area (Å²) in [6.45, 7) is 17.7. The van der Waals surface area contributed by atoms with Crippen LogP contribution in [0.1, 0.15) is 99.8 Å². The number of piperidine rings is 1. The molecule has 3 heterocycles. The number of carbonyl (C=O) groups is 4. The minimum atomic E-state index is -0.960. The van der Waals surface area contributed by atoms with Crippen molar-refractivity contribution in [2.45, 2.75) is 124 Å². The summed E-state index contributed by atoms with van der Waals surface area (Å²) in [4.78, 5) is 45.2. The zero-order valence-corrected chi connectivity index (χ0v) is 27.1. The maximum atomic E-state index is 11.9. The molecule has 0 radical (unpaired) electrons. The molecule has 3 amide bonds. The first-order chi connectivity index (χ1) is 19.8. The molecule has 0 aliphatic carbocycles. The Balaban J connectivity index is 0.000000317. The van der Waals surface area contributed by atoms with Crippen LogP contribution in [0.15, 0.2) is 0 Å². The molecule has 3 saturated heterocycles. The highest BCUT2D eigenvalue weighted by atomic mass is 16.5. The second kappa shape index (κ2) is 19.9. The van der Waals surface area contributed by atoms with Gasteiger partial charge in [-0.1, -0.05) is 48.0 Å². The van der Waals surface area contributed by atoms with Crippen LogP contribution in [-0.2, 0) is 28.7 Å². The third-order valence-electron chi connectivity index (χ3n) is 7.83. The first-order valence-electron chi connectivity index (χ1n) is 15.8. The van der Waals surface area contributed by atoms with Gasteiger partial charge in [0.15, 0.2) is 6.10 Å². The fraction of sp³-hybridized carbons (Fsp3) is 0.871. The molecule has 3 unspecified atom stereocenters. The molecule has 0 aromatic carbocycles. The topological polar surface area (TPSA) is 155 Å². The summed E-state index contributed by atoms with van der Waals surface area (Å²) in [6.07, 6.45) is 6.28. The van der Waals surface area contributed by atoms with E-state index in [4.69, 9.17) is 14.6 Å². The summed E-state index contributed by atoms with van der Waals surface area (Å²) in [5.41, 5.74) is -0.0443. The summed E-state index contributed by atoms with van der Waals surface area (Å²) in [5.74, 6) is -0.446. The van der Waals surface area contributed by atoms with Crippen LogP contribution in [0.4, 0.5) is 0 Å². The fourth-order valence-corrected chi connectivity index (χ4v) is 4.73. The summed E-state index contributed by atoms with van der Waals surface area (Å²) >= 11 is 0. The van der Waals surface area contributed by atoms with Crippen molar-refractivity contribution in [3.8, 4) is 0 Å². The Morgan fingerprint density at radius 1 is 0.857 bits per heavy atom. The molecule has 244 valence electrons. The van der Waals surface area contributed by atoms with Crippen molar-refractivity contribution in [2.75, 3.05) is 32.9 Å². The SMILES string of the molecule is CC(C)C(=O)NC1CCNCC1.CC(C)C(=O)NC1CCOC(C(=O)O)C1.CCCC(C)C(=O)NC1(C)CCOCC1. The molecule has 3 rings (SSSR count). The lowest BCUT2D eigenvalue weighted by Crippen LogP contribution is -2.51. The van der Waals surface area contributed by atoms with E-state index in [0.29, 0.717) is 25.5 Å². The van der Waals surface area contributed by atoms with E-state index in [1.165, 1.54) is 0 Å². The molecule has 42 heavy (non-hydrogen) atoms. The molecule has 3 aliphatic rings. The normalized spacial score (nSPS) is 22.9. The standard InChI is InChI=1S/C12H23NO2.C10H17NO4.C9H18N2O/c1-4-5-10(2)11(14)13-12(3)6-8-15-9-7-12;1-6(2)9(12)11-7-3-4-15-8(5-7)10(13)14;1-7(2)9(12)11-8-3-5-10-6-4-8/h10H,4-9H2,1-3H3,(H,13,14);6-8H,3-5H2,1-2H3,(H,11,12)(H,13,14);7-8,10H,3-6H2,1-2H3,(H,11,12). The minimum absolute atomic E-state index is 0.0361. The third kappa shape index (κ3) is 15.3. The number of carboxylic acid groups (broad SMARTS) is 1. The van der Waals surface area contributed by atoms with Crippen LogP contribution < -0.4 is 21.3 Å².